The van der Waals surface area contributed by atoms with Gasteiger partial charge in [-0.15, -0.1) is 0 Å². The zero-order chi connectivity index (χ0) is 35.0. The van der Waals surface area contributed by atoms with Gasteiger partial charge in [0.15, 0.2) is 12.6 Å². The monoisotopic (exact) mass is 670 g/mol. The van der Waals surface area contributed by atoms with Crippen LogP contribution in [0.25, 0.3) is 90.4 Å². The molecule has 0 saturated heterocycles. The molecule has 7 aromatic rings. The molecule has 3 aromatic heterocycles. The molecule has 2 aliphatic rings. The first-order valence-corrected chi connectivity index (χ1v) is 17.1. The van der Waals surface area contributed by atoms with E-state index in [0.29, 0.717) is 44.8 Å². The molecular formula is C46H30N4O2. The highest BCUT2D eigenvalue weighted by molar-refractivity contribution is 6.18. The molecule has 0 saturated carbocycles. The average molecular weight is 671 g/mol. The third-order valence-corrected chi connectivity index (χ3v) is 9.54. The van der Waals surface area contributed by atoms with Gasteiger partial charge in [-0.1, -0.05) is 121 Å². The lowest BCUT2D eigenvalue weighted by molar-refractivity contribution is -0.103. The van der Waals surface area contributed by atoms with Crippen molar-refractivity contribution < 1.29 is 9.59 Å². The molecule has 0 amide bonds. The topological polar surface area (TPSA) is 91.5 Å². The van der Waals surface area contributed by atoms with Crippen LogP contribution in [0.4, 0.5) is 0 Å². The number of hydrogen-bond acceptors (Lipinski definition) is 4. The van der Waals surface area contributed by atoms with E-state index in [4.69, 9.17) is 9.97 Å². The summed E-state index contributed by atoms with van der Waals surface area (Å²) in [5.74, 6) is 0. The van der Waals surface area contributed by atoms with Crippen LogP contribution in [0, 0.1) is 0 Å². The van der Waals surface area contributed by atoms with Crippen LogP contribution >= 0.6 is 0 Å². The fraction of sp³-hybridized carbons (Fsp3) is 0. The zero-order valence-electron chi connectivity index (χ0n) is 27.9. The van der Waals surface area contributed by atoms with E-state index in [1.807, 2.05) is 133 Å². The van der Waals surface area contributed by atoms with Gasteiger partial charge in [0.2, 0.25) is 0 Å². The Morgan fingerprint density at radius 1 is 0.442 bits per heavy atom. The van der Waals surface area contributed by atoms with Gasteiger partial charge in [-0.2, -0.15) is 0 Å². The van der Waals surface area contributed by atoms with Crippen molar-refractivity contribution in [3.05, 3.63) is 168 Å². The first-order valence-electron chi connectivity index (χ1n) is 17.1. The Bertz CT molecular complexity index is 2740. The van der Waals surface area contributed by atoms with E-state index < -0.39 is 0 Å². The summed E-state index contributed by atoms with van der Waals surface area (Å²) in [6.07, 6.45) is 7.62. The number of carbonyl (C=O) groups is 2. The Balaban J connectivity index is 1.55. The van der Waals surface area contributed by atoms with Crippen molar-refractivity contribution in [2.75, 3.05) is 0 Å². The summed E-state index contributed by atoms with van der Waals surface area (Å²) in [5.41, 5.74) is 13.5. The highest BCUT2D eigenvalue weighted by atomic mass is 16.1. The standard InChI is InChI=1S/C46H30N4O2/c51-27-33-25-39-42(30-15-7-2-8-16-30)37-22-21-35(47-37)41(29-13-5-1-6-14-29)36-23-24-38(48-36)43(31-17-9-3-10-18-31)45-34(28-52)26-40(50-45)44(46(33)49-39)32-19-11-4-12-20-32/h1-28,47,50H. The first-order chi connectivity index (χ1) is 25.7. The van der Waals surface area contributed by atoms with Crippen LogP contribution in [-0.4, -0.2) is 32.5 Å². The number of nitrogens with one attached hydrogen (secondary N) is 2. The number of carbonyl (C=O) groups excluding carboxylic acids is 2. The zero-order valence-corrected chi connectivity index (χ0v) is 27.9. The Kier molecular flexibility index (Phi) is 7.67. The lowest BCUT2D eigenvalue weighted by Crippen LogP contribution is -1.91. The predicted molar refractivity (Wildman–Crippen MR) is 211 cm³/mol. The number of rotatable bonds is 6. The van der Waals surface area contributed by atoms with Crippen molar-refractivity contribution in [3.8, 4) is 44.5 Å². The molecule has 9 rings (SSSR count). The van der Waals surface area contributed by atoms with Crippen LogP contribution in [0.15, 0.2) is 140 Å². The van der Waals surface area contributed by atoms with Gasteiger partial charge in [-0.05, 0) is 58.7 Å². The second-order valence-electron chi connectivity index (χ2n) is 12.7. The van der Waals surface area contributed by atoms with Crippen LogP contribution in [-0.2, 0) is 4.79 Å². The van der Waals surface area contributed by atoms with E-state index in [-0.39, 0.29) is 0 Å². The molecule has 246 valence electrons. The molecule has 52 heavy (non-hydrogen) atoms. The van der Waals surface area contributed by atoms with Gasteiger partial charge in [0.25, 0.3) is 0 Å². The second-order valence-corrected chi connectivity index (χ2v) is 12.7. The maximum atomic E-state index is 13.0. The molecule has 0 aliphatic carbocycles. The minimum absolute atomic E-state index is 0.438. The second kappa shape index (κ2) is 12.9. The molecule has 5 heterocycles. The van der Waals surface area contributed by atoms with Crippen molar-refractivity contribution in [2.24, 2.45) is 0 Å². The molecule has 2 N–H and O–H groups in total. The van der Waals surface area contributed by atoms with E-state index in [2.05, 4.69) is 34.2 Å². The molecule has 8 bridgehead atoms. The molecule has 2 aliphatic heterocycles. The third kappa shape index (κ3) is 5.30. The Morgan fingerprint density at radius 2 is 0.923 bits per heavy atom. The lowest BCUT2D eigenvalue weighted by Gasteiger charge is -2.07. The molecule has 0 unspecified atom stereocenters. The molecule has 0 spiro atoms. The highest BCUT2D eigenvalue weighted by Crippen LogP contribution is 2.40. The number of allylic oxidation sites excluding steroid dienone is 1. The number of nitrogens with zero attached hydrogens (tertiary/aromatic N) is 2. The van der Waals surface area contributed by atoms with E-state index in [1.165, 1.54) is 0 Å². The molecule has 0 radical (unpaired) electrons. The van der Waals surface area contributed by atoms with Crippen molar-refractivity contribution in [1.29, 1.82) is 0 Å². The molecule has 0 fully saturated rings. The smallest absolute Gasteiger partial charge is 0.152 e. The largest absolute Gasteiger partial charge is 0.354 e. The predicted octanol–water partition coefficient (Wildman–Crippen LogP) is 10.7. The van der Waals surface area contributed by atoms with Gasteiger partial charge in [-0.25, -0.2) is 9.97 Å². The number of aromatic amines is 2. The SMILES string of the molecule is O=CC1=Cc2nc1c(-c1ccccc1)c1cc(C=O)c([nH]1)c(-c1ccccc1)c1nc(c(-c3ccccc3)c3ccc([nH]3)c2-c2ccccc2)C=C1. The number of benzene rings is 4. The fourth-order valence-corrected chi connectivity index (χ4v) is 7.23. The highest BCUT2D eigenvalue weighted by Gasteiger charge is 2.23. The summed E-state index contributed by atoms with van der Waals surface area (Å²) in [7, 11) is 0. The molecule has 4 aromatic carbocycles. The van der Waals surface area contributed by atoms with Crippen LogP contribution < -0.4 is 0 Å². The van der Waals surface area contributed by atoms with E-state index in [1.54, 1.807) is 0 Å². The van der Waals surface area contributed by atoms with E-state index in [9.17, 15) is 9.59 Å². The number of aromatic nitrogens is 4. The van der Waals surface area contributed by atoms with Gasteiger partial charge in [0.05, 0.1) is 28.3 Å². The average Bonchev–Trinajstić information content (AvgIpc) is 4.03. The van der Waals surface area contributed by atoms with E-state index in [0.717, 1.165) is 68.2 Å². The number of H-pyrrole nitrogens is 2. The molecule has 6 nitrogen and oxygen atoms in total. The summed E-state index contributed by atoms with van der Waals surface area (Å²) >= 11 is 0. The Hall–Kier alpha value is -7.18. The normalized spacial score (nSPS) is 12.0. The quantitative estimate of drug-likeness (QED) is 0.172. The Morgan fingerprint density at radius 3 is 1.44 bits per heavy atom. The summed E-state index contributed by atoms with van der Waals surface area (Å²) in [4.78, 5) is 43.8. The number of fused-ring (bicyclic) bond motifs is 8. The van der Waals surface area contributed by atoms with Gasteiger partial charge in [0, 0.05) is 49.9 Å². The minimum atomic E-state index is 0.438. The van der Waals surface area contributed by atoms with Crippen molar-refractivity contribution in [2.45, 2.75) is 0 Å². The third-order valence-electron chi connectivity index (χ3n) is 9.54. The summed E-state index contributed by atoms with van der Waals surface area (Å²) in [6, 6.07) is 46.1. The number of hydrogen-bond donors (Lipinski definition) is 2. The van der Waals surface area contributed by atoms with Gasteiger partial charge in [0.1, 0.15) is 0 Å². The summed E-state index contributed by atoms with van der Waals surface area (Å²) < 4.78 is 0. The van der Waals surface area contributed by atoms with Crippen molar-refractivity contribution in [3.63, 3.8) is 0 Å². The van der Waals surface area contributed by atoms with Crippen LogP contribution in [0.2, 0.25) is 0 Å². The van der Waals surface area contributed by atoms with Gasteiger partial charge in [-0.3, -0.25) is 9.59 Å². The summed E-state index contributed by atoms with van der Waals surface area (Å²) in [6.45, 7) is 0. The van der Waals surface area contributed by atoms with E-state index >= 15 is 0 Å². The molecular weight excluding hydrogens is 641 g/mol. The van der Waals surface area contributed by atoms with Crippen LogP contribution in [0.1, 0.15) is 33.1 Å². The van der Waals surface area contributed by atoms with Crippen molar-refractivity contribution in [1.82, 2.24) is 19.9 Å². The van der Waals surface area contributed by atoms with Gasteiger partial charge < -0.3 is 9.97 Å². The maximum Gasteiger partial charge on any atom is 0.152 e. The van der Waals surface area contributed by atoms with Crippen LogP contribution in [0.3, 0.4) is 0 Å². The Labute approximate surface area is 299 Å². The fourth-order valence-electron chi connectivity index (χ4n) is 7.23. The maximum absolute atomic E-state index is 13.0. The molecule has 0 atom stereocenters. The van der Waals surface area contributed by atoms with Gasteiger partial charge >= 0.3 is 0 Å². The first kappa shape index (κ1) is 30.8. The molecule has 6 heteroatoms. The van der Waals surface area contributed by atoms with Crippen LogP contribution in [0.5, 0.6) is 0 Å². The summed E-state index contributed by atoms with van der Waals surface area (Å²) in [5, 5.41) is 0. The van der Waals surface area contributed by atoms with Crippen molar-refractivity contribution >= 4 is 58.4 Å². The number of aldehydes is 2. The lowest BCUT2D eigenvalue weighted by atomic mass is 10.00. The minimum Gasteiger partial charge on any atom is -0.354 e.